The number of hydrogen-bond donors (Lipinski definition) is 0. The van der Waals surface area contributed by atoms with Gasteiger partial charge in [-0.2, -0.15) is 0 Å². The molecule has 0 spiro atoms. The molecule has 0 bridgehead atoms. The smallest absolute Gasteiger partial charge is 0.233 e. The van der Waals surface area contributed by atoms with Gasteiger partial charge in [0.05, 0.1) is 5.75 Å². The van der Waals surface area contributed by atoms with Crippen LogP contribution in [0.25, 0.3) is 0 Å². The molecule has 23 heavy (non-hydrogen) atoms. The summed E-state index contributed by atoms with van der Waals surface area (Å²) in [5, 5.41) is 9.45. The van der Waals surface area contributed by atoms with Crippen LogP contribution in [0.2, 0.25) is 5.02 Å². The van der Waals surface area contributed by atoms with Gasteiger partial charge in [0.1, 0.15) is 6.33 Å². The number of hydrogen-bond acceptors (Lipinski definition) is 4. The van der Waals surface area contributed by atoms with Crippen LogP contribution in [0.4, 0.5) is 0 Å². The van der Waals surface area contributed by atoms with Gasteiger partial charge in [0, 0.05) is 24.2 Å². The molecule has 1 amide bonds. The van der Waals surface area contributed by atoms with E-state index in [9.17, 15) is 4.79 Å². The highest BCUT2D eigenvalue weighted by Crippen LogP contribution is 2.20. The number of rotatable bonds is 7. The minimum Gasteiger partial charge on any atom is -0.338 e. The Balaban J connectivity index is 1.96. The van der Waals surface area contributed by atoms with E-state index in [1.165, 1.54) is 11.8 Å². The van der Waals surface area contributed by atoms with Gasteiger partial charge in [0.15, 0.2) is 5.16 Å². The van der Waals surface area contributed by atoms with Crippen molar-refractivity contribution >= 4 is 29.3 Å². The zero-order valence-electron chi connectivity index (χ0n) is 13.6. The van der Waals surface area contributed by atoms with E-state index in [1.807, 2.05) is 40.7 Å². The van der Waals surface area contributed by atoms with Crippen LogP contribution in [-0.4, -0.2) is 37.9 Å². The minimum atomic E-state index is 0.0794. The largest absolute Gasteiger partial charge is 0.338 e. The number of carbonyl (C=O) groups excluding carboxylic acids is 1. The van der Waals surface area contributed by atoms with E-state index in [1.54, 1.807) is 6.33 Å². The van der Waals surface area contributed by atoms with Crippen LogP contribution >= 0.6 is 23.4 Å². The van der Waals surface area contributed by atoms with E-state index < -0.39 is 0 Å². The number of nitrogens with zero attached hydrogens (tertiary/aromatic N) is 4. The normalized spacial score (nSPS) is 11.0. The van der Waals surface area contributed by atoms with E-state index in [2.05, 4.69) is 24.0 Å². The third-order valence-corrected chi connectivity index (χ3v) is 4.60. The highest BCUT2D eigenvalue weighted by atomic mass is 35.5. The molecule has 0 saturated heterocycles. The summed E-state index contributed by atoms with van der Waals surface area (Å²) in [7, 11) is 0. The molecule has 0 aliphatic heterocycles. The highest BCUT2D eigenvalue weighted by Gasteiger charge is 2.15. The Morgan fingerprint density at radius 3 is 2.87 bits per heavy atom. The maximum atomic E-state index is 12.5. The molecule has 0 atom stereocenters. The fourth-order valence-electron chi connectivity index (χ4n) is 2.14. The summed E-state index contributed by atoms with van der Waals surface area (Å²) in [6.45, 7) is 7.32. The van der Waals surface area contributed by atoms with Crippen molar-refractivity contribution in [2.75, 3.05) is 12.3 Å². The Bertz CT molecular complexity index is 659. The Morgan fingerprint density at radius 1 is 1.43 bits per heavy atom. The standard InChI is InChI=1S/C16H21ClN4OS/c1-4-20(9-13-6-5-7-14(17)8-13)15(22)10-23-16-19-18-11-21(16)12(2)3/h5-8,11-12H,4,9-10H2,1-3H3. The quantitative estimate of drug-likeness (QED) is 0.714. The van der Waals surface area contributed by atoms with E-state index in [-0.39, 0.29) is 11.9 Å². The Kier molecular flexibility index (Phi) is 6.47. The number of aromatic nitrogens is 3. The molecule has 0 saturated carbocycles. The number of carbonyl (C=O) groups is 1. The summed E-state index contributed by atoms with van der Waals surface area (Å²) in [4.78, 5) is 14.3. The molecule has 2 aromatic rings. The van der Waals surface area contributed by atoms with Gasteiger partial charge in [0.25, 0.3) is 0 Å². The van der Waals surface area contributed by atoms with Crippen LogP contribution in [0.5, 0.6) is 0 Å². The number of halogens is 1. The minimum absolute atomic E-state index is 0.0794. The summed E-state index contributed by atoms with van der Waals surface area (Å²) < 4.78 is 1.96. The Hall–Kier alpha value is -1.53. The predicted molar refractivity (Wildman–Crippen MR) is 93.7 cm³/mol. The molecule has 1 aromatic heterocycles. The van der Waals surface area contributed by atoms with Crippen LogP contribution < -0.4 is 0 Å². The molecule has 124 valence electrons. The second-order valence-corrected chi connectivity index (χ2v) is 6.82. The first-order chi connectivity index (χ1) is 11.0. The third-order valence-electron chi connectivity index (χ3n) is 3.42. The molecule has 0 fully saturated rings. The first kappa shape index (κ1) is 17.8. The average molecular weight is 353 g/mol. The van der Waals surface area contributed by atoms with Gasteiger partial charge in [-0.15, -0.1) is 10.2 Å². The number of benzene rings is 1. The first-order valence-electron chi connectivity index (χ1n) is 7.55. The number of amides is 1. The number of thioether (sulfide) groups is 1. The van der Waals surface area contributed by atoms with Crippen molar-refractivity contribution in [3.05, 3.63) is 41.2 Å². The molecule has 0 N–H and O–H groups in total. The van der Waals surface area contributed by atoms with E-state index in [0.29, 0.717) is 23.9 Å². The van der Waals surface area contributed by atoms with E-state index in [4.69, 9.17) is 11.6 Å². The lowest BCUT2D eigenvalue weighted by molar-refractivity contribution is -0.128. The first-order valence-corrected chi connectivity index (χ1v) is 8.92. The monoisotopic (exact) mass is 352 g/mol. The lowest BCUT2D eigenvalue weighted by atomic mass is 10.2. The SMILES string of the molecule is CCN(Cc1cccc(Cl)c1)C(=O)CSc1nncn1C(C)C. The van der Waals surface area contributed by atoms with Gasteiger partial charge in [-0.25, -0.2) is 0 Å². The fourth-order valence-corrected chi connectivity index (χ4v) is 3.30. The van der Waals surface area contributed by atoms with Crippen LogP contribution in [0.15, 0.2) is 35.7 Å². The van der Waals surface area contributed by atoms with Crippen molar-refractivity contribution in [1.82, 2.24) is 19.7 Å². The Labute approximate surface area is 146 Å². The molecule has 0 aliphatic rings. The van der Waals surface area contributed by atoms with Crippen molar-refractivity contribution in [2.45, 2.75) is 38.5 Å². The molecule has 0 radical (unpaired) electrons. The zero-order chi connectivity index (χ0) is 16.8. The topological polar surface area (TPSA) is 51.0 Å². The van der Waals surface area contributed by atoms with E-state index in [0.717, 1.165) is 10.7 Å². The second-order valence-electron chi connectivity index (χ2n) is 5.44. The van der Waals surface area contributed by atoms with Crippen LogP contribution in [0.1, 0.15) is 32.4 Å². The van der Waals surface area contributed by atoms with Gasteiger partial charge in [-0.1, -0.05) is 35.5 Å². The second kappa shape index (κ2) is 8.36. The van der Waals surface area contributed by atoms with Crippen molar-refractivity contribution in [3.8, 4) is 0 Å². The third kappa shape index (κ3) is 4.97. The lowest BCUT2D eigenvalue weighted by Crippen LogP contribution is -2.31. The summed E-state index contributed by atoms with van der Waals surface area (Å²) in [5.74, 6) is 0.426. The van der Waals surface area contributed by atoms with E-state index >= 15 is 0 Å². The molecule has 2 rings (SSSR count). The summed E-state index contributed by atoms with van der Waals surface area (Å²) in [6.07, 6.45) is 1.70. The van der Waals surface area contributed by atoms with Crippen LogP contribution in [0, 0.1) is 0 Å². The molecule has 1 heterocycles. The van der Waals surface area contributed by atoms with Crippen LogP contribution in [-0.2, 0) is 11.3 Å². The molecular formula is C16H21ClN4OS. The fraction of sp³-hybridized carbons (Fsp3) is 0.438. The summed E-state index contributed by atoms with van der Waals surface area (Å²) in [6, 6.07) is 7.87. The maximum Gasteiger partial charge on any atom is 0.233 e. The van der Waals surface area contributed by atoms with Gasteiger partial charge in [0.2, 0.25) is 5.91 Å². The lowest BCUT2D eigenvalue weighted by Gasteiger charge is -2.21. The molecule has 7 heteroatoms. The predicted octanol–water partition coefficient (Wildman–Crippen LogP) is 3.65. The van der Waals surface area contributed by atoms with Gasteiger partial charge in [-0.3, -0.25) is 4.79 Å². The highest BCUT2D eigenvalue weighted by molar-refractivity contribution is 7.99. The molecule has 1 aromatic carbocycles. The summed E-state index contributed by atoms with van der Waals surface area (Å²) in [5.41, 5.74) is 1.03. The average Bonchev–Trinajstić information content (AvgIpc) is 2.99. The summed E-state index contributed by atoms with van der Waals surface area (Å²) >= 11 is 7.42. The molecule has 0 unspecified atom stereocenters. The van der Waals surface area contributed by atoms with Gasteiger partial charge >= 0.3 is 0 Å². The van der Waals surface area contributed by atoms with Crippen molar-refractivity contribution in [2.24, 2.45) is 0 Å². The van der Waals surface area contributed by atoms with Gasteiger partial charge in [-0.05, 0) is 38.5 Å². The van der Waals surface area contributed by atoms with Gasteiger partial charge < -0.3 is 9.47 Å². The molecule has 0 aliphatic carbocycles. The molecule has 5 nitrogen and oxygen atoms in total. The maximum absolute atomic E-state index is 12.5. The van der Waals surface area contributed by atoms with Crippen molar-refractivity contribution in [1.29, 1.82) is 0 Å². The van der Waals surface area contributed by atoms with Crippen molar-refractivity contribution in [3.63, 3.8) is 0 Å². The Morgan fingerprint density at radius 2 is 2.22 bits per heavy atom. The van der Waals surface area contributed by atoms with Crippen LogP contribution in [0.3, 0.4) is 0 Å². The van der Waals surface area contributed by atoms with Crippen molar-refractivity contribution < 1.29 is 4.79 Å². The zero-order valence-corrected chi connectivity index (χ0v) is 15.1. The molecular weight excluding hydrogens is 332 g/mol.